The number of carbonyl (C=O) groups excluding carboxylic acids is 2. The first kappa shape index (κ1) is 22.0. The Labute approximate surface area is 185 Å². The van der Waals surface area contributed by atoms with Crippen molar-refractivity contribution in [1.82, 2.24) is 5.32 Å². The Morgan fingerprint density at radius 2 is 1.71 bits per heavy atom. The molecule has 3 rings (SSSR count). The second kappa shape index (κ2) is 10.4. The number of amides is 2. The predicted octanol–water partition coefficient (Wildman–Crippen LogP) is 4.69. The summed E-state index contributed by atoms with van der Waals surface area (Å²) in [5.74, 6) is 0.502. The molecule has 2 aromatic carbocycles. The van der Waals surface area contributed by atoms with Crippen molar-refractivity contribution < 1.29 is 18.7 Å². The summed E-state index contributed by atoms with van der Waals surface area (Å²) in [7, 11) is 0. The van der Waals surface area contributed by atoms with Crippen molar-refractivity contribution in [2.75, 3.05) is 17.2 Å². The summed E-state index contributed by atoms with van der Waals surface area (Å²) in [6, 6.07) is 17.1. The highest BCUT2D eigenvalue weighted by Crippen LogP contribution is 2.17. The SMILES string of the molecule is CC(C)COc1cccc(C(=O)NC(=S)Nc2cccc(NC(=O)c3ccco3)c2)c1. The molecule has 0 saturated carbocycles. The van der Waals surface area contributed by atoms with E-state index in [1.165, 1.54) is 6.26 Å². The lowest BCUT2D eigenvalue weighted by molar-refractivity contribution is 0.0974. The molecule has 2 amide bonds. The molecule has 0 fully saturated rings. The smallest absolute Gasteiger partial charge is 0.291 e. The highest BCUT2D eigenvalue weighted by molar-refractivity contribution is 7.80. The molecule has 3 aromatic rings. The second-order valence-electron chi connectivity index (χ2n) is 7.15. The molecular formula is C23H23N3O4S. The Kier molecular flexibility index (Phi) is 7.40. The lowest BCUT2D eigenvalue weighted by Crippen LogP contribution is -2.34. The molecule has 7 nitrogen and oxygen atoms in total. The summed E-state index contributed by atoms with van der Waals surface area (Å²) in [4.78, 5) is 24.6. The molecule has 0 atom stereocenters. The Morgan fingerprint density at radius 3 is 2.42 bits per heavy atom. The van der Waals surface area contributed by atoms with Gasteiger partial charge in [-0.05, 0) is 66.7 Å². The number of furan rings is 1. The second-order valence-corrected chi connectivity index (χ2v) is 7.56. The van der Waals surface area contributed by atoms with Crippen molar-refractivity contribution >= 4 is 40.5 Å². The highest BCUT2D eigenvalue weighted by atomic mass is 32.1. The quantitative estimate of drug-likeness (QED) is 0.464. The molecule has 0 unspecified atom stereocenters. The number of nitrogens with one attached hydrogen (secondary N) is 3. The first-order valence-electron chi connectivity index (χ1n) is 9.71. The Morgan fingerprint density at radius 1 is 0.968 bits per heavy atom. The Balaban J connectivity index is 1.57. The van der Waals surface area contributed by atoms with E-state index in [9.17, 15) is 9.59 Å². The minimum absolute atomic E-state index is 0.132. The van der Waals surface area contributed by atoms with Crippen molar-refractivity contribution in [2.24, 2.45) is 5.92 Å². The highest BCUT2D eigenvalue weighted by Gasteiger charge is 2.11. The summed E-state index contributed by atoms with van der Waals surface area (Å²) in [5, 5.41) is 8.45. The van der Waals surface area contributed by atoms with Crippen molar-refractivity contribution in [3.63, 3.8) is 0 Å². The van der Waals surface area contributed by atoms with Gasteiger partial charge in [0.1, 0.15) is 5.75 Å². The van der Waals surface area contributed by atoms with E-state index in [2.05, 4.69) is 29.8 Å². The van der Waals surface area contributed by atoms with Gasteiger partial charge in [0.05, 0.1) is 12.9 Å². The first-order chi connectivity index (χ1) is 14.9. The average molecular weight is 438 g/mol. The van der Waals surface area contributed by atoms with Crippen LogP contribution in [0.2, 0.25) is 0 Å². The molecule has 0 aliphatic carbocycles. The fraction of sp³-hybridized carbons (Fsp3) is 0.174. The predicted molar refractivity (Wildman–Crippen MR) is 124 cm³/mol. The van der Waals surface area contributed by atoms with E-state index >= 15 is 0 Å². The van der Waals surface area contributed by atoms with Gasteiger partial charge < -0.3 is 19.8 Å². The molecule has 160 valence electrons. The number of carbonyl (C=O) groups is 2. The fourth-order valence-electron chi connectivity index (χ4n) is 2.60. The van der Waals surface area contributed by atoms with Crippen LogP contribution in [0.1, 0.15) is 34.8 Å². The summed E-state index contributed by atoms with van der Waals surface area (Å²) in [6.45, 7) is 4.67. The molecule has 0 aliphatic heterocycles. The minimum atomic E-state index is -0.363. The number of thiocarbonyl (C=S) groups is 1. The number of hydrogen-bond donors (Lipinski definition) is 3. The number of hydrogen-bond acceptors (Lipinski definition) is 5. The van der Waals surface area contributed by atoms with E-state index in [4.69, 9.17) is 21.4 Å². The zero-order valence-electron chi connectivity index (χ0n) is 17.2. The monoisotopic (exact) mass is 437 g/mol. The molecular weight excluding hydrogens is 414 g/mol. The van der Waals surface area contributed by atoms with Crippen LogP contribution < -0.4 is 20.7 Å². The van der Waals surface area contributed by atoms with Crippen molar-refractivity contribution in [3.05, 3.63) is 78.3 Å². The van der Waals surface area contributed by atoms with Crippen molar-refractivity contribution in [2.45, 2.75) is 13.8 Å². The van der Waals surface area contributed by atoms with Crippen LogP contribution in [0.15, 0.2) is 71.3 Å². The molecule has 1 heterocycles. The maximum absolute atomic E-state index is 12.5. The van der Waals surface area contributed by atoms with Gasteiger partial charge in [-0.25, -0.2) is 0 Å². The standard InChI is InChI=1S/C23H23N3O4S/c1-15(2)14-30-19-9-3-6-16(12-19)21(27)26-23(31)25-18-8-4-7-17(13-18)24-22(28)20-10-5-11-29-20/h3-13,15H,14H2,1-2H3,(H,24,28)(H2,25,26,27,31). The molecule has 0 spiro atoms. The third kappa shape index (κ3) is 6.68. The fourth-order valence-corrected chi connectivity index (χ4v) is 2.81. The topological polar surface area (TPSA) is 92.6 Å². The number of anilines is 2. The van der Waals surface area contributed by atoms with Crippen LogP contribution in [-0.2, 0) is 0 Å². The van der Waals surface area contributed by atoms with Gasteiger partial charge in [0.15, 0.2) is 10.9 Å². The lowest BCUT2D eigenvalue weighted by atomic mass is 10.2. The Bertz CT molecular complexity index is 1060. The number of rotatable bonds is 7. The lowest BCUT2D eigenvalue weighted by Gasteiger charge is -2.12. The number of benzene rings is 2. The third-order valence-corrected chi connectivity index (χ3v) is 4.23. The van der Waals surface area contributed by atoms with Crippen molar-refractivity contribution in [1.29, 1.82) is 0 Å². The van der Waals surface area contributed by atoms with Crippen LogP contribution in [0, 0.1) is 5.92 Å². The van der Waals surface area contributed by atoms with Gasteiger partial charge in [-0.2, -0.15) is 0 Å². The van der Waals surface area contributed by atoms with Crippen LogP contribution in [0.25, 0.3) is 0 Å². The van der Waals surface area contributed by atoms with Crippen LogP contribution >= 0.6 is 12.2 Å². The van der Waals surface area contributed by atoms with Crippen molar-refractivity contribution in [3.8, 4) is 5.75 Å². The summed E-state index contributed by atoms with van der Waals surface area (Å²) >= 11 is 5.25. The van der Waals surface area contributed by atoms with E-state index in [-0.39, 0.29) is 22.7 Å². The largest absolute Gasteiger partial charge is 0.493 e. The van der Waals surface area contributed by atoms with Gasteiger partial charge in [0, 0.05) is 16.9 Å². The van der Waals surface area contributed by atoms with Gasteiger partial charge in [-0.15, -0.1) is 0 Å². The van der Waals surface area contributed by atoms with Crippen LogP contribution in [0.5, 0.6) is 5.75 Å². The van der Waals surface area contributed by atoms with Crippen LogP contribution in [0.4, 0.5) is 11.4 Å². The van der Waals surface area contributed by atoms with E-state index in [0.717, 1.165) is 0 Å². The normalized spacial score (nSPS) is 10.4. The zero-order chi connectivity index (χ0) is 22.2. The van der Waals surface area contributed by atoms with Crippen LogP contribution in [-0.4, -0.2) is 23.5 Å². The van der Waals surface area contributed by atoms with Gasteiger partial charge in [0.2, 0.25) is 0 Å². The van der Waals surface area contributed by atoms with E-state index in [1.807, 2.05) is 0 Å². The molecule has 0 radical (unpaired) electrons. The van der Waals surface area contributed by atoms with Gasteiger partial charge in [-0.3, -0.25) is 14.9 Å². The zero-order valence-corrected chi connectivity index (χ0v) is 18.0. The third-order valence-electron chi connectivity index (χ3n) is 4.03. The summed E-state index contributed by atoms with van der Waals surface area (Å²) < 4.78 is 10.7. The number of ether oxygens (including phenoxy) is 1. The molecule has 31 heavy (non-hydrogen) atoms. The van der Waals surface area contributed by atoms with E-state index < -0.39 is 0 Å². The van der Waals surface area contributed by atoms with Gasteiger partial charge >= 0.3 is 0 Å². The minimum Gasteiger partial charge on any atom is -0.493 e. The van der Waals surface area contributed by atoms with Gasteiger partial charge in [0.25, 0.3) is 11.8 Å². The average Bonchev–Trinajstić information content (AvgIpc) is 3.28. The molecule has 1 aromatic heterocycles. The van der Waals surface area contributed by atoms with Gasteiger partial charge in [-0.1, -0.05) is 26.0 Å². The van der Waals surface area contributed by atoms with E-state index in [1.54, 1.807) is 60.7 Å². The maximum atomic E-state index is 12.5. The molecule has 8 heteroatoms. The molecule has 0 bridgehead atoms. The summed E-state index contributed by atoms with van der Waals surface area (Å²) in [5.41, 5.74) is 1.59. The Hall–Kier alpha value is -3.65. The maximum Gasteiger partial charge on any atom is 0.291 e. The first-order valence-corrected chi connectivity index (χ1v) is 10.1. The molecule has 0 saturated heterocycles. The van der Waals surface area contributed by atoms with Crippen LogP contribution in [0.3, 0.4) is 0 Å². The molecule has 0 aliphatic rings. The summed E-state index contributed by atoms with van der Waals surface area (Å²) in [6.07, 6.45) is 1.43. The van der Waals surface area contributed by atoms with E-state index in [0.29, 0.717) is 35.2 Å². The molecule has 3 N–H and O–H groups in total.